The normalized spacial score (nSPS) is 15.1. The number of anilines is 1. The van der Waals surface area contributed by atoms with Gasteiger partial charge >= 0.3 is 0 Å². The van der Waals surface area contributed by atoms with E-state index in [1.54, 1.807) is 36.7 Å². The molecule has 6 heteroatoms. The molecule has 1 aromatic heterocycles. The largest absolute Gasteiger partial charge is 0.310 e. The molecule has 0 saturated heterocycles. The second kappa shape index (κ2) is 8.78. The number of aromatic nitrogens is 1. The maximum absolute atomic E-state index is 14.0. The number of nitrogens with one attached hydrogen (secondary N) is 1. The van der Waals surface area contributed by atoms with Gasteiger partial charge in [0.25, 0.3) is 0 Å². The Labute approximate surface area is 183 Å². The minimum Gasteiger partial charge on any atom is -0.310 e. The molecule has 0 saturated carbocycles. The quantitative estimate of drug-likeness (QED) is 0.594. The van der Waals surface area contributed by atoms with Gasteiger partial charge in [-0.25, -0.2) is 9.37 Å². The number of carbonyl (C=O) groups is 1. The van der Waals surface area contributed by atoms with Crippen LogP contribution in [0.3, 0.4) is 0 Å². The second-order valence-electron chi connectivity index (χ2n) is 7.31. The number of halogens is 1. The van der Waals surface area contributed by atoms with Gasteiger partial charge in [-0.3, -0.25) is 9.00 Å². The summed E-state index contributed by atoms with van der Waals surface area (Å²) >= 11 is 0. The maximum atomic E-state index is 14.0. The van der Waals surface area contributed by atoms with Crippen molar-refractivity contribution in [3.05, 3.63) is 94.9 Å². The van der Waals surface area contributed by atoms with Crippen LogP contribution in [-0.2, 0) is 15.6 Å². The van der Waals surface area contributed by atoms with Crippen LogP contribution >= 0.6 is 0 Å². The SMILES string of the molecule is CC1=C(CC(=O)Nc2ccccn2)c2cc(F)ccc2/C1=C/c1ccc(S(C)=O)cc1. The highest BCUT2D eigenvalue weighted by Gasteiger charge is 2.26. The van der Waals surface area contributed by atoms with Gasteiger partial charge in [-0.15, -0.1) is 0 Å². The van der Waals surface area contributed by atoms with Gasteiger partial charge in [0.2, 0.25) is 5.91 Å². The van der Waals surface area contributed by atoms with Crippen LogP contribution in [0.5, 0.6) is 0 Å². The molecule has 4 nitrogen and oxygen atoms in total. The van der Waals surface area contributed by atoms with Gasteiger partial charge in [-0.2, -0.15) is 0 Å². The monoisotopic (exact) mass is 432 g/mol. The van der Waals surface area contributed by atoms with Crippen molar-refractivity contribution >= 4 is 39.7 Å². The van der Waals surface area contributed by atoms with Crippen molar-refractivity contribution in [1.82, 2.24) is 4.98 Å². The third-order valence-electron chi connectivity index (χ3n) is 5.25. The highest BCUT2D eigenvalue weighted by molar-refractivity contribution is 7.84. The van der Waals surface area contributed by atoms with Crippen molar-refractivity contribution in [3.63, 3.8) is 0 Å². The number of hydrogen-bond acceptors (Lipinski definition) is 3. The molecule has 0 radical (unpaired) electrons. The van der Waals surface area contributed by atoms with Crippen molar-refractivity contribution in [2.24, 2.45) is 0 Å². The van der Waals surface area contributed by atoms with E-state index in [9.17, 15) is 13.4 Å². The van der Waals surface area contributed by atoms with Crippen molar-refractivity contribution in [2.45, 2.75) is 18.2 Å². The van der Waals surface area contributed by atoms with E-state index < -0.39 is 10.8 Å². The third-order valence-corrected chi connectivity index (χ3v) is 6.18. The molecule has 1 aliphatic rings. The molecule has 0 bridgehead atoms. The van der Waals surface area contributed by atoms with E-state index in [1.807, 2.05) is 37.3 Å². The molecule has 156 valence electrons. The van der Waals surface area contributed by atoms with Crippen LogP contribution in [-0.4, -0.2) is 21.4 Å². The Kier molecular flexibility index (Phi) is 5.91. The van der Waals surface area contributed by atoms with Gasteiger partial charge in [0.05, 0.1) is 6.42 Å². The fraction of sp³-hybridized carbons (Fsp3) is 0.120. The molecule has 1 unspecified atom stereocenters. The summed E-state index contributed by atoms with van der Waals surface area (Å²) in [5.74, 6) is -0.0723. The Morgan fingerprint density at radius 1 is 1.10 bits per heavy atom. The van der Waals surface area contributed by atoms with Crippen LogP contribution in [0.25, 0.3) is 17.2 Å². The fourth-order valence-electron chi connectivity index (χ4n) is 3.69. The minimum atomic E-state index is -1.04. The Hall–Kier alpha value is -3.38. The topological polar surface area (TPSA) is 59.1 Å². The van der Waals surface area contributed by atoms with E-state index in [1.165, 1.54) is 12.1 Å². The summed E-state index contributed by atoms with van der Waals surface area (Å²) in [6.07, 6.45) is 5.38. The zero-order valence-corrected chi connectivity index (χ0v) is 18.0. The summed E-state index contributed by atoms with van der Waals surface area (Å²) in [5, 5.41) is 2.79. The molecule has 4 rings (SSSR count). The lowest BCUT2D eigenvalue weighted by Crippen LogP contribution is -2.12. The zero-order chi connectivity index (χ0) is 22.0. The van der Waals surface area contributed by atoms with Gasteiger partial charge in [0.1, 0.15) is 11.6 Å². The molecule has 1 amide bonds. The number of nitrogens with zero attached hydrogens (tertiary/aromatic N) is 1. The number of benzene rings is 2. The van der Waals surface area contributed by atoms with Crippen LogP contribution in [0.4, 0.5) is 10.2 Å². The number of carbonyl (C=O) groups excluding carboxylic acids is 1. The number of fused-ring (bicyclic) bond motifs is 1. The molecule has 31 heavy (non-hydrogen) atoms. The summed E-state index contributed by atoms with van der Waals surface area (Å²) in [6, 6.07) is 17.4. The summed E-state index contributed by atoms with van der Waals surface area (Å²) in [5.41, 5.74) is 5.23. The standard InChI is InChI=1S/C25H21FN2O2S/c1-16-21(13-17-6-9-19(10-7-17)31(2)30)20-11-8-18(26)14-23(20)22(16)15-25(29)28-24-5-3-4-12-27-24/h3-14H,15H2,1-2H3,(H,27,28,29)/b21-13+. The van der Waals surface area contributed by atoms with Crippen LogP contribution in [0.1, 0.15) is 30.0 Å². The van der Waals surface area contributed by atoms with Crippen LogP contribution in [0.15, 0.2) is 77.3 Å². The zero-order valence-electron chi connectivity index (χ0n) is 17.2. The molecule has 3 aromatic rings. The first-order chi connectivity index (χ1) is 14.9. The number of amides is 1. The minimum absolute atomic E-state index is 0.115. The van der Waals surface area contributed by atoms with E-state index in [2.05, 4.69) is 10.3 Å². The number of rotatable bonds is 5. The molecule has 1 atom stereocenters. The van der Waals surface area contributed by atoms with E-state index in [-0.39, 0.29) is 18.1 Å². The first-order valence-corrected chi connectivity index (χ1v) is 11.3. The average molecular weight is 433 g/mol. The number of pyridine rings is 1. The van der Waals surface area contributed by atoms with Crippen molar-refractivity contribution in [2.75, 3.05) is 11.6 Å². The van der Waals surface area contributed by atoms with Gasteiger partial charge in [-0.1, -0.05) is 24.3 Å². The lowest BCUT2D eigenvalue weighted by molar-refractivity contribution is -0.115. The van der Waals surface area contributed by atoms with Crippen LogP contribution < -0.4 is 5.32 Å². The third kappa shape index (κ3) is 4.54. The summed E-state index contributed by atoms with van der Waals surface area (Å²) in [6.45, 7) is 1.95. The Bertz CT molecular complexity index is 1230. The lowest BCUT2D eigenvalue weighted by Gasteiger charge is -2.07. The molecular formula is C25H21FN2O2S. The highest BCUT2D eigenvalue weighted by atomic mass is 32.2. The van der Waals surface area contributed by atoms with Crippen LogP contribution in [0.2, 0.25) is 0 Å². The van der Waals surface area contributed by atoms with E-state index in [0.717, 1.165) is 38.3 Å². The molecule has 1 aliphatic carbocycles. The highest BCUT2D eigenvalue weighted by Crippen LogP contribution is 2.43. The molecule has 0 aliphatic heterocycles. The van der Waals surface area contributed by atoms with Gasteiger partial charge in [-0.05, 0) is 82.8 Å². The van der Waals surface area contributed by atoms with Crippen molar-refractivity contribution < 1.29 is 13.4 Å². The number of allylic oxidation sites excluding steroid dienone is 2. The smallest absolute Gasteiger partial charge is 0.229 e. The number of hydrogen-bond donors (Lipinski definition) is 1. The van der Waals surface area contributed by atoms with Crippen molar-refractivity contribution in [1.29, 1.82) is 0 Å². The Balaban J connectivity index is 1.69. The predicted octanol–water partition coefficient (Wildman–Crippen LogP) is 5.31. The maximum Gasteiger partial charge on any atom is 0.229 e. The average Bonchev–Trinajstić information content (AvgIpc) is 3.00. The van der Waals surface area contributed by atoms with E-state index in [0.29, 0.717) is 5.82 Å². The molecule has 0 fully saturated rings. The van der Waals surface area contributed by atoms with Gasteiger partial charge < -0.3 is 5.32 Å². The molecule has 1 heterocycles. The van der Waals surface area contributed by atoms with Gasteiger partial charge in [0.15, 0.2) is 0 Å². The summed E-state index contributed by atoms with van der Waals surface area (Å²) in [4.78, 5) is 17.5. The summed E-state index contributed by atoms with van der Waals surface area (Å²) < 4.78 is 25.7. The van der Waals surface area contributed by atoms with Crippen molar-refractivity contribution in [3.8, 4) is 0 Å². The second-order valence-corrected chi connectivity index (χ2v) is 8.69. The molecular weight excluding hydrogens is 411 g/mol. The molecule has 1 N–H and O–H groups in total. The Morgan fingerprint density at radius 3 is 2.55 bits per heavy atom. The van der Waals surface area contributed by atoms with E-state index >= 15 is 0 Å². The molecule has 0 spiro atoms. The first kappa shape index (κ1) is 20.9. The predicted molar refractivity (Wildman–Crippen MR) is 123 cm³/mol. The van der Waals surface area contributed by atoms with E-state index in [4.69, 9.17) is 0 Å². The first-order valence-electron chi connectivity index (χ1n) is 9.79. The van der Waals surface area contributed by atoms with Gasteiger partial charge in [0, 0.05) is 28.1 Å². The molecule has 2 aromatic carbocycles. The lowest BCUT2D eigenvalue weighted by atomic mass is 10.0. The Morgan fingerprint density at radius 2 is 1.87 bits per heavy atom. The fourth-order valence-corrected chi connectivity index (χ4v) is 4.21. The summed E-state index contributed by atoms with van der Waals surface area (Å²) in [7, 11) is -1.04. The van der Waals surface area contributed by atoms with Crippen LogP contribution in [0, 0.1) is 5.82 Å².